The molecule has 3 saturated heterocycles. The fourth-order valence-corrected chi connectivity index (χ4v) is 7.22. The number of fused-ring (bicyclic) bond motifs is 1. The van der Waals surface area contributed by atoms with Gasteiger partial charge in [0.05, 0.1) is 12.0 Å². The molecule has 3 aliphatic carbocycles. The fraction of sp³-hybridized carbons (Fsp3) is 0.941. The molecule has 3 aliphatic heterocycles. The molecule has 7 atom stereocenters. The average molecular weight is 306 g/mol. The Morgan fingerprint density at radius 3 is 2.86 bits per heavy atom. The highest BCUT2D eigenvalue weighted by Gasteiger charge is 2.85. The summed E-state index contributed by atoms with van der Waals surface area (Å²) in [6.45, 7) is 1.92. The second-order valence-electron chi connectivity index (χ2n) is 8.34. The lowest BCUT2D eigenvalue weighted by molar-refractivity contribution is -0.415. The van der Waals surface area contributed by atoms with E-state index in [1.807, 2.05) is 6.92 Å². The Morgan fingerprint density at radius 1 is 1.09 bits per heavy atom. The second kappa shape index (κ2) is 3.40. The van der Waals surface area contributed by atoms with Crippen molar-refractivity contribution in [2.45, 2.75) is 87.2 Å². The van der Waals surface area contributed by atoms with E-state index in [0.717, 1.165) is 38.5 Å². The van der Waals surface area contributed by atoms with Crippen molar-refractivity contribution >= 4 is 5.97 Å². The van der Waals surface area contributed by atoms with Crippen LogP contribution in [0.4, 0.5) is 0 Å². The van der Waals surface area contributed by atoms with Gasteiger partial charge >= 0.3 is 5.97 Å². The summed E-state index contributed by atoms with van der Waals surface area (Å²) < 4.78 is 25.4. The van der Waals surface area contributed by atoms with Crippen LogP contribution in [0.5, 0.6) is 0 Å². The van der Waals surface area contributed by atoms with E-state index < -0.39 is 11.6 Å². The standard InChI is InChI=1S/C17H22O5/c1-14-20-15-6-3-5-11(15)16(21-14)7-2-4-10-8-13(18)19-12(9-15)17(10,16)22-14/h10-12H,2-9H2,1H3. The molecule has 5 nitrogen and oxygen atoms in total. The number of hydrogen-bond acceptors (Lipinski definition) is 5. The van der Waals surface area contributed by atoms with Gasteiger partial charge in [-0.05, 0) is 25.7 Å². The van der Waals surface area contributed by atoms with Gasteiger partial charge in [0.1, 0.15) is 17.3 Å². The van der Waals surface area contributed by atoms with Crippen LogP contribution in [0.15, 0.2) is 0 Å². The van der Waals surface area contributed by atoms with Crippen LogP contribution in [-0.2, 0) is 23.7 Å². The highest BCUT2D eigenvalue weighted by Crippen LogP contribution is 2.74. The summed E-state index contributed by atoms with van der Waals surface area (Å²) >= 11 is 0. The van der Waals surface area contributed by atoms with Gasteiger partial charge in [-0.3, -0.25) is 4.79 Å². The van der Waals surface area contributed by atoms with E-state index in [1.54, 1.807) is 0 Å². The van der Waals surface area contributed by atoms with Gasteiger partial charge in [-0.1, -0.05) is 12.8 Å². The molecule has 22 heavy (non-hydrogen) atoms. The predicted octanol–water partition coefficient (Wildman–Crippen LogP) is 2.27. The zero-order valence-corrected chi connectivity index (χ0v) is 12.9. The molecule has 6 aliphatic rings. The van der Waals surface area contributed by atoms with Gasteiger partial charge in [0.15, 0.2) is 0 Å². The number of ether oxygens (including phenoxy) is 4. The molecule has 0 amide bonds. The van der Waals surface area contributed by atoms with Crippen molar-refractivity contribution in [3.63, 3.8) is 0 Å². The molecule has 0 N–H and O–H groups in total. The summed E-state index contributed by atoms with van der Waals surface area (Å²) in [5.41, 5.74) is -0.983. The zero-order chi connectivity index (χ0) is 14.8. The molecule has 5 heteroatoms. The maximum absolute atomic E-state index is 12.1. The minimum absolute atomic E-state index is 0.0675. The van der Waals surface area contributed by atoms with Crippen molar-refractivity contribution in [2.24, 2.45) is 11.8 Å². The third-order valence-electron chi connectivity index (χ3n) is 7.47. The van der Waals surface area contributed by atoms with Gasteiger partial charge in [-0.15, -0.1) is 0 Å². The number of esters is 1. The molecular formula is C17H22O5. The van der Waals surface area contributed by atoms with Gasteiger partial charge in [0, 0.05) is 25.2 Å². The molecule has 0 aromatic carbocycles. The van der Waals surface area contributed by atoms with Crippen molar-refractivity contribution in [3.05, 3.63) is 0 Å². The Morgan fingerprint density at radius 2 is 1.95 bits per heavy atom. The lowest BCUT2D eigenvalue weighted by Crippen LogP contribution is -2.77. The number of rotatable bonds is 0. The monoisotopic (exact) mass is 306 g/mol. The van der Waals surface area contributed by atoms with E-state index in [2.05, 4.69) is 0 Å². The summed E-state index contributed by atoms with van der Waals surface area (Å²) in [7, 11) is 0. The number of carbonyl (C=O) groups excluding carboxylic acids is 1. The van der Waals surface area contributed by atoms with Gasteiger partial charge in [-0.25, -0.2) is 0 Å². The molecule has 2 spiro atoms. The molecule has 120 valence electrons. The van der Waals surface area contributed by atoms with Gasteiger partial charge in [-0.2, -0.15) is 0 Å². The van der Waals surface area contributed by atoms with Crippen molar-refractivity contribution in [1.29, 1.82) is 0 Å². The lowest BCUT2D eigenvalue weighted by atomic mass is 9.50. The number of carbonyl (C=O) groups is 1. The van der Waals surface area contributed by atoms with Crippen LogP contribution in [-0.4, -0.2) is 34.8 Å². The molecule has 7 unspecified atom stereocenters. The SMILES string of the molecule is CC12OC34CCCC3C3(CCCC5CC(=O)OC(C4)C53O1)O2. The van der Waals surface area contributed by atoms with E-state index in [4.69, 9.17) is 18.9 Å². The maximum atomic E-state index is 12.1. The van der Waals surface area contributed by atoms with Crippen LogP contribution in [0.25, 0.3) is 0 Å². The molecule has 3 saturated carbocycles. The molecule has 0 aromatic rings. The van der Waals surface area contributed by atoms with Crippen LogP contribution >= 0.6 is 0 Å². The molecule has 6 fully saturated rings. The minimum atomic E-state index is -0.956. The van der Waals surface area contributed by atoms with Gasteiger partial charge < -0.3 is 18.9 Å². The first-order chi connectivity index (χ1) is 10.5. The Kier molecular flexibility index (Phi) is 1.97. The summed E-state index contributed by atoms with van der Waals surface area (Å²) in [4.78, 5) is 12.1. The van der Waals surface area contributed by atoms with E-state index in [-0.39, 0.29) is 29.2 Å². The topological polar surface area (TPSA) is 54.0 Å². The van der Waals surface area contributed by atoms with Gasteiger partial charge in [0.2, 0.25) is 0 Å². The van der Waals surface area contributed by atoms with Crippen molar-refractivity contribution in [2.75, 3.05) is 0 Å². The van der Waals surface area contributed by atoms with E-state index in [0.29, 0.717) is 12.3 Å². The van der Waals surface area contributed by atoms with Crippen LogP contribution in [0, 0.1) is 11.8 Å². The second-order valence-corrected chi connectivity index (χ2v) is 8.34. The quantitative estimate of drug-likeness (QED) is 0.643. The van der Waals surface area contributed by atoms with E-state index in [1.165, 1.54) is 6.42 Å². The van der Waals surface area contributed by atoms with Crippen LogP contribution < -0.4 is 0 Å². The highest BCUT2D eigenvalue weighted by molar-refractivity contribution is 5.72. The fourth-order valence-electron chi connectivity index (χ4n) is 7.22. The predicted molar refractivity (Wildman–Crippen MR) is 73.6 cm³/mol. The Labute approximate surface area is 129 Å². The van der Waals surface area contributed by atoms with Crippen LogP contribution in [0.2, 0.25) is 0 Å². The normalized spacial score (nSPS) is 64.2. The molecule has 0 radical (unpaired) electrons. The molecule has 3 heterocycles. The van der Waals surface area contributed by atoms with E-state index >= 15 is 0 Å². The highest BCUT2D eigenvalue weighted by atomic mass is 16.9. The minimum Gasteiger partial charge on any atom is -0.459 e. The first-order valence-electron chi connectivity index (χ1n) is 8.82. The van der Waals surface area contributed by atoms with Crippen molar-refractivity contribution in [1.82, 2.24) is 0 Å². The molecule has 3 bridgehead atoms. The Balaban J connectivity index is 1.64. The summed E-state index contributed by atoms with van der Waals surface area (Å²) in [5, 5.41) is 0. The molecule has 6 rings (SSSR count). The summed E-state index contributed by atoms with van der Waals surface area (Å²) in [5.74, 6) is -0.412. The maximum Gasteiger partial charge on any atom is 0.306 e. The van der Waals surface area contributed by atoms with Crippen LogP contribution in [0.3, 0.4) is 0 Å². The third-order valence-corrected chi connectivity index (χ3v) is 7.47. The Bertz CT molecular complexity index is 592. The largest absolute Gasteiger partial charge is 0.459 e. The molecular weight excluding hydrogens is 284 g/mol. The lowest BCUT2D eigenvalue weighted by Gasteiger charge is -2.64. The Hall–Kier alpha value is -0.650. The van der Waals surface area contributed by atoms with Crippen molar-refractivity contribution < 1.29 is 23.7 Å². The van der Waals surface area contributed by atoms with Crippen LogP contribution in [0.1, 0.15) is 58.3 Å². The number of hydrogen-bond donors (Lipinski definition) is 0. The summed E-state index contributed by atoms with van der Waals surface area (Å²) in [6.07, 6.45) is 7.59. The third kappa shape index (κ3) is 1.09. The van der Waals surface area contributed by atoms with Gasteiger partial charge in [0.25, 0.3) is 5.97 Å². The van der Waals surface area contributed by atoms with Crippen molar-refractivity contribution in [3.8, 4) is 0 Å². The smallest absolute Gasteiger partial charge is 0.306 e. The first-order valence-corrected chi connectivity index (χ1v) is 8.82. The first kappa shape index (κ1) is 12.7. The summed E-state index contributed by atoms with van der Waals surface area (Å²) in [6, 6.07) is 0. The average Bonchev–Trinajstić information content (AvgIpc) is 2.90. The zero-order valence-electron chi connectivity index (χ0n) is 12.9. The van der Waals surface area contributed by atoms with E-state index in [9.17, 15) is 4.79 Å². The molecule has 0 aromatic heterocycles.